The second-order valence-electron chi connectivity index (χ2n) is 11.3. The number of nitrogens with one attached hydrogen (secondary N) is 1. The molecule has 10 nitrogen and oxygen atoms in total. The zero-order valence-electron chi connectivity index (χ0n) is 23.2. The van der Waals surface area contributed by atoms with Crippen molar-refractivity contribution < 1.29 is 45.0 Å². The first kappa shape index (κ1) is 30.0. The molecule has 6 rings (SSSR count). The first-order valence-electron chi connectivity index (χ1n) is 13.9. The van der Waals surface area contributed by atoms with E-state index in [4.69, 9.17) is 0 Å². The first-order chi connectivity index (χ1) is 20.8. The van der Waals surface area contributed by atoms with Crippen LogP contribution in [0.1, 0.15) is 52.0 Å². The van der Waals surface area contributed by atoms with Gasteiger partial charge >= 0.3 is 12.6 Å². The number of aromatic carboxylic acids is 1. The molecule has 1 saturated carbocycles. The van der Waals surface area contributed by atoms with Crippen molar-refractivity contribution >= 4 is 43.1 Å². The number of carbonyl (C=O) groups excluding carboxylic acids is 1. The Morgan fingerprint density at radius 3 is 2.34 bits per heavy atom. The molecule has 3 aromatic carbocycles. The number of carboxylic acid groups (broad SMARTS) is 1. The van der Waals surface area contributed by atoms with Gasteiger partial charge in [-0.25, -0.2) is 21.6 Å². The molecule has 1 aliphatic carbocycles. The summed E-state index contributed by atoms with van der Waals surface area (Å²) < 4.78 is 85.4. The van der Waals surface area contributed by atoms with Gasteiger partial charge in [-0.1, -0.05) is 12.1 Å². The Morgan fingerprint density at radius 2 is 1.68 bits per heavy atom. The van der Waals surface area contributed by atoms with Crippen LogP contribution in [-0.2, 0) is 25.3 Å². The van der Waals surface area contributed by atoms with Gasteiger partial charge in [0.1, 0.15) is 15.6 Å². The monoisotopic (exact) mass is 646 g/mol. The maximum absolute atomic E-state index is 14.3. The second kappa shape index (κ2) is 10.8. The number of alkyl halides is 2. The number of halogens is 2. The van der Waals surface area contributed by atoms with E-state index in [0.29, 0.717) is 11.3 Å². The minimum absolute atomic E-state index is 0.0183. The van der Waals surface area contributed by atoms with Crippen LogP contribution in [-0.4, -0.2) is 58.0 Å². The molecule has 232 valence electrons. The molecule has 1 atom stereocenters. The fourth-order valence-corrected chi connectivity index (χ4v) is 9.85. The van der Waals surface area contributed by atoms with E-state index in [0.717, 1.165) is 18.9 Å². The average molecular weight is 647 g/mol. The van der Waals surface area contributed by atoms with Crippen molar-refractivity contribution in [3.8, 4) is 5.75 Å². The average Bonchev–Trinajstić information content (AvgIpc) is 3.77. The molecule has 2 aliphatic heterocycles. The fourth-order valence-electron chi connectivity index (χ4n) is 6.46. The molecule has 14 heteroatoms. The lowest BCUT2D eigenvalue weighted by atomic mass is 9.70. The van der Waals surface area contributed by atoms with Crippen LogP contribution >= 0.6 is 0 Å². The van der Waals surface area contributed by atoms with E-state index in [-0.39, 0.29) is 57.7 Å². The Hall–Kier alpha value is -4.04. The zero-order chi connectivity index (χ0) is 31.4. The first-order valence-corrected chi connectivity index (χ1v) is 17.2. The molecule has 3 aliphatic rings. The smallest absolute Gasteiger partial charge is 0.387 e. The molecule has 2 fully saturated rings. The highest BCUT2D eigenvalue weighted by atomic mass is 32.2. The molecule has 1 spiro atoms. The number of sulfone groups is 1. The Balaban J connectivity index is 1.45. The van der Waals surface area contributed by atoms with E-state index in [9.17, 15) is 40.3 Å². The van der Waals surface area contributed by atoms with Gasteiger partial charge in [-0.15, -0.1) is 0 Å². The molecule has 44 heavy (non-hydrogen) atoms. The van der Waals surface area contributed by atoms with Gasteiger partial charge in [-0.2, -0.15) is 8.78 Å². The molecule has 0 aromatic heterocycles. The Bertz CT molecular complexity index is 1860. The number of carboxylic acids is 1. The van der Waals surface area contributed by atoms with E-state index >= 15 is 0 Å². The summed E-state index contributed by atoms with van der Waals surface area (Å²) in [5.74, 6) is -2.42. The second-order valence-corrected chi connectivity index (χ2v) is 15.4. The molecule has 1 saturated heterocycles. The van der Waals surface area contributed by atoms with Gasteiger partial charge in [0.05, 0.1) is 33.7 Å². The Kier molecular flexibility index (Phi) is 7.39. The number of benzene rings is 3. The van der Waals surface area contributed by atoms with Crippen LogP contribution in [0.2, 0.25) is 0 Å². The largest absolute Gasteiger partial charge is 0.478 e. The number of nitrogens with zero attached hydrogens (tertiary/aromatic N) is 1. The number of amides is 1. The minimum atomic E-state index is -4.36. The third-order valence-electron chi connectivity index (χ3n) is 8.59. The molecule has 0 bridgehead atoms. The van der Waals surface area contributed by atoms with Crippen molar-refractivity contribution in [3.63, 3.8) is 0 Å². The topological polar surface area (TPSA) is 147 Å². The van der Waals surface area contributed by atoms with E-state index < -0.39 is 49.8 Å². The van der Waals surface area contributed by atoms with Crippen LogP contribution in [0.5, 0.6) is 5.75 Å². The SMILES string of the molecule is O=C(O)c1cccc(NC(=O)c2ccc3c(c2)C2(CCS(=O)(=O)CC2)C(C2CC2)N3S(=O)(=O)c2cccc(OC(F)F)c2)c1. The van der Waals surface area contributed by atoms with Gasteiger partial charge in [-0.05, 0) is 85.7 Å². The van der Waals surface area contributed by atoms with Gasteiger partial charge in [0.25, 0.3) is 15.9 Å². The summed E-state index contributed by atoms with van der Waals surface area (Å²) in [6, 6.07) is 14.5. The molecular weight excluding hydrogens is 618 g/mol. The maximum Gasteiger partial charge on any atom is 0.387 e. The summed E-state index contributed by atoms with van der Waals surface area (Å²) in [6.45, 7) is -3.15. The van der Waals surface area contributed by atoms with Crippen molar-refractivity contribution in [2.24, 2.45) is 5.92 Å². The van der Waals surface area contributed by atoms with Gasteiger partial charge in [-0.3, -0.25) is 9.10 Å². The highest BCUT2D eigenvalue weighted by Crippen LogP contribution is 2.59. The summed E-state index contributed by atoms with van der Waals surface area (Å²) in [5, 5.41) is 12.0. The number of anilines is 2. The molecular formula is C30H28F2N2O8S2. The molecule has 2 heterocycles. The minimum Gasteiger partial charge on any atom is -0.478 e. The quantitative estimate of drug-likeness (QED) is 0.359. The molecule has 0 radical (unpaired) electrons. The van der Waals surface area contributed by atoms with Crippen molar-refractivity contribution in [1.29, 1.82) is 0 Å². The van der Waals surface area contributed by atoms with E-state index in [1.165, 1.54) is 58.9 Å². The highest BCUT2D eigenvalue weighted by molar-refractivity contribution is 7.93. The Morgan fingerprint density at radius 1 is 0.977 bits per heavy atom. The number of hydrogen-bond acceptors (Lipinski definition) is 7. The summed E-state index contributed by atoms with van der Waals surface area (Å²) >= 11 is 0. The lowest BCUT2D eigenvalue weighted by Gasteiger charge is -2.41. The van der Waals surface area contributed by atoms with Crippen molar-refractivity contribution in [1.82, 2.24) is 0 Å². The van der Waals surface area contributed by atoms with Crippen molar-refractivity contribution in [2.45, 2.75) is 48.6 Å². The van der Waals surface area contributed by atoms with Gasteiger partial charge in [0.2, 0.25) is 0 Å². The number of hydrogen-bond donors (Lipinski definition) is 2. The highest BCUT2D eigenvalue weighted by Gasteiger charge is 2.60. The lowest BCUT2D eigenvalue weighted by Crippen LogP contribution is -2.52. The van der Waals surface area contributed by atoms with Crippen molar-refractivity contribution in [2.75, 3.05) is 21.1 Å². The normalized spacial score (nSPS) is 20.3. The van der Waals surface area contributed by atoms with Crippen LogP contribution in [0, 0.1) is 5.92 Å². The maximum atomic E-state index is 14.3. The van der Waals surface area contributed by atoms with Crippen LogP contribution in [0.25, 0.3) is 0 Å². The summed E-state index contributed by atoms with van der Waals surface area (Å²) in [5.41, 5.74) is 0.324. The number of ether oxygens (including phenoxy) is 1. The fraction of sp³-hybridized carbons (Fsp3) is 0.333. The molecule has 2 N–H and O–H groups in total. The van der Waals surface area contributed by atoms with Crippen molar-refractivity contribution in [3.05, 3.63) is 83.4 Å². The van der Waals surface area contributed by atoms with E-state index in [1.54, 1.807) is 6.07 Å². The van der Waals surface area contributed by atoms with Gasteiger partial charge in [0.15, 0.2) is 0 Å². The number of carbonyl (C=O) groups is 2. The Labute approximate surface area is 252 Å². The van der Waals surface area contributed by atoms with Crippen LogP contribution in [0.4, 0.5) is 20.2 Å². The molecule has 1 amide bonds. The number of rotatable bonds is 8. The predicted octanol–water partition coefficient (Wildman–Crippen LogP) is 4.67. The van der Waals surface area contributed by atoms with Crippen LogP contribution in [0.3, 0.4) is 0 Å². The number of fused-ring (bicyclic) bond motifs is 2. The zero-order valence-corrected chi connectivity index (χ0v) is 24.8. The third kappa shape index (κ3) is 5.40. The summed E-state index contributed by atoms with van der Waals surface area (Å²) in [7, 11) is -7.72. The molecule has 3 aromatic rings. The molecule has 1 unspecified atom stereocenters. The summed E-state index contributed by atoms with van der Waals surface area (Å²) in [4.78, 5) is 24.5. The van der Waals surface area contributed by atoms with E-state index in [1.807, 2.05) is 0 Å². The summed E-state index contributed by atoms with van der Waals surface area (Å²) in [6.07, 6.45) is 1.74. The van der Waals surface area contributed by atoms with Gasteiger partial charge in [0, 0.05) is 22.7 Å². The standard InChI is InChI=1S/C30H28F2N2O8S2/c31-29(32)42-22-5-2-6-23(17-22)44(40,41)34-25-10-9-19(27(35)33-21-4-1-3-20(15-21)28(36)37)16-24(25)30(26(34)18-7-8-18)11-13-43(38,39)14-12-30/h1-6,9-10,15-18,26,29H,7-8,11-14H2,(H,33,35)(H,36,37). The predicted molar refractivity (Wildman–Crippen MR) is 157 cm³/mol. The number of sulfonamides is 1. The van der Waals surface area contributed by atoms with Crippen LogP contribution < -0.4 is 14.4 Å². The van der Waals surface area contributed by atoms with Gasteiger partial charge < -0.3 is 15.2 Å². The third-order valence-corrected chi connectivity index (χ3v) is 12.0. The van der Waals surface area contributed by atoms with E-state index in [2.05, 4.69) is 10.1 Å². The van der Waals surface area contributed by atoms with Crippen LogP contribution in [0.15, 0.2) is 71.6 Å². The lowest BCUT2D eigenvalue weighted by molar-refractivity contribution is -0.0500.